The Hall–Kier alpha value is -3.17. The molecule has 0 unspecified atom stereocenters. The van der Waals surface area contributed by atoms with E-state index in [1.807, 2.05) is 12.1 Å². The van der Waals surface area contributed by atoms with Gasteiger partial charge >= 0.3 is 0 Å². The van der Waals surface area contributed by atoms with Gasteiger partial charge < -0.3 is 15.0 Å². The highest BCUT2D eigenvalue weighted by Crippen LogP contribution is 2.29. The van der Waals surface area contributed by atoms with Gasteiger partial charge in [0.2, 0.25) is 0 Å². The van der Waals surface area contributed by atoms with Crippen molar-refractivity contribution in [1.82, 2.24) is 19.9 Å². The van der Waals surface area contributed by atoms with Crippen LogP contribution in [0.25, 0.3) is 22.6 Å². The van der Waals surface area contributed by atoms with E-state index >= 15 is 0 Å². The Balaban J connectivity index is 1.51. The summed E-state index contributed by atoms with van der Waals surface area (Å²) < 4.78 is 20.6. The molecule has 1 fully saturated rings. The number of nitrogens with one attached hydrogen (secondary N) is 1. The second-order valence-corrected chi connectivity index (χ2v) is 7.94. The van der Waals surface area contributed by atoms with Crippen molar-refractivity contribution in [3.63, 3.8) is 0 Å². The molecule has 0 amide bonds. The van der Waals surface area contributed by atoms with Crippen LogP contribution in [0.4, 0.5) is 21.6 Å². The molecule has 0 aliphatic carbocycles. The fourth-order valence-electron chi connectivity index (χ4n) is 3.45. The van der Waals surface area contributed by atoms with Crippen LogP contribution in [0.3, 0.4) is 0 Å². The SMILES string of the molecule is Fc1ccc(Br)cc1-c1nc(Nc2ccc(N3CCOCC3)cc2)c2nccnc2n1. The Morgan fingerprint density at radius 2 is 1.74 bits per heavy atom. The zero-order chi connectivity index (χ0) is 21.2. The first-order valence-corrected chi connectivity index (χ1v) is 10.6. The minimum Gasteiger partial charge on any atom is -0.378 e. The van der Waals surface area contributed by atoms with E-state index in [2.05, 4.69) is 58.2 Å². The fourth-order valence-corrected chi connectivity index (χ4v) is 3.82. The minimum atomic E-state index is -0.410. The van der Waals surface area contributed by atoms with Crippen LogP contribution < -0.4 is 10.2 Å². The Bertz CT molecular complexity index is 1230. The molecule has 1 aliphatic heterocycles. The predicted molar refractivity (Wildman–Crippen MR) is 121 cm³/mol. The summed E-state index contributed by atoms with van der Waals surface area (Å²) in [5, 5.41) is 3.29. The summed E-state index contributed by atoms with van der Waals surface area (Å²) in [5.74, 6) is 0.290. The Morgan fingerprint density at radius 3 is 2.55 bits per heavy atom. The van der Waals surface area contributed by atoms with E-state index in [4.69, 9.17) is 4.74 Å². The number of aromatic nitrogens is 4. The normalized spacial score (nSPS) is 14.1. The van der Waals surface area contributed by atoms with Crippen LogP contribution in [0.2, 0.25) is 0 Å². The van der Waals surface area contributed by atoms with Crippen molar-refractivity contribution in [2.24, 2.45) is 0 Å². The summed E-state index contributed by atoms with van der Waals surface area (Å²) in [4.78, 5) is 19.9. The molecule has 0 radical (unpaired) electrons. The quantitative estimate of drug-likeness (QED) is 0.458. The standard InChI is InChI=1S/C22H18BrFN6O/c23-14-1-6-18(24)17(13-14)20-28-21-19(25-7-8-26-21)22(29-20)27-15-2-4-16(5-3-15)30-9-11-31-12-10-30/h1-8,13H,9-12H2,(H,26,27,28,29). The van der Waals surface area contributed by atoms with Gasteiger partial charge in [-0.15, -0.1) is 0 Å². The van der Waals surface area contributed by atoms with Gasteiger partial charge in [-0.2, -0.15) is 0 Å². The average Bonchev–Trinajstić information content (AvgIpc) is 2.81. The number of fused-ring (bicyclic) bond motifs is 1. The number of hydrogen-bond donors (Lipinski definition) is 1. The van der Waals surface area contributed by atoms with Crippen LogP contribution in [0.1, 0.15) is 0 Å². The van der Waals surface area contributed by atoms with Gasteiger partial charge in [0.15, 0.2) is 22.8 Å². The van der Waals surface area contributed by atoms with Gasteiger partial charge in [-0.05, 0) is 42.5 Å². The molecule has 1 saturated heterocycles. The molecule has 0 atom stereocenters. The Kier molecular flexibility index (Phi) is 5.44. The summed E-state index contributed by atoms with van der Waals surface area (Å²) in [6.45, 7) is 3.22. The van der Waals surface area contributed by atoms with Gasteiger partial charge in [0.1, 0.15) is 5.82 Å². The van der Waals surface area contributed by atoms with Crippen molar-refractivity contribution in [2.45, 2.75) is 0 Å². The number of morpholine rings is 1. The molecule has 7 nitrogen and oxygen atoms in total. The maximum Gasteiger partial charge on any atom is 0.184 e. The molecule has 9 heteroatoms. The second-order valence-electron chi connectivity index (χ2n) is 7.02. The second kappa shape index (κ2) is 8.52. The lowest BCUT2D eigenvalue weighted by atomic mass is 10.2. The third kappa shape index (κ3) is 4.19. The third-order valence-corrected chi connectivity index (χ3v) is 5.50. The van der Waals surface area contributed by atoms with Crippen LogP contribution in [0, 0.1) is 5.82 Å². The van der Waals surface area contributed by atoms with Crippen LogP contribution in [0.5, 0.6) is 0 Å². The van der Waals surface area contributed by atoms with Crippen LogP contribution in [-0.2, 0) is 4.74 Å². The van der Waals surface area contributed by atoms with Gasteiger partial charge in [0, 0.05) is 41.3 Å². The van der Waals surface area contributed by atoms with E-state index in [-0.39, 0.29) is 11.4 Å². The lowest BCUT2D eigenvalue weighted by Crippen LogP contribution is -2.36. The minimum absolute atomic E-state index is 0.235. The lowest BCUT2D eigenvalue weighted by molar-refractivity contribution is 0.122. The first-order chi connectivity index (χ1) is 15.2. The molecule has 1 aliphatic rings. The van der Waals surface area contributed by atoms with E-state index < -0.39 is 5.82 Å². The maximum absolute atomic E-state index is 14.5. The topological polar surface area (TPSA) is 76.1 Å². The fraction of sp³-hybridized carbons (Fsp3) is 0.182. The first kappa shape index (κ1) is 19.8. The van der Waals surface area contributed by atoms with Crippen molar-refractivity contribution in [1.29, 1.82) is 0 Å². The molecule has 31 heavy (non-hydrogen) atoms. The van der Waals surface area contributed by atoms with Crippen LogP contribution >= 0.6 is 15.9 Å². The maximum atomic E-state index is 14.5. The summed E-state index contributed by atoms with van der Waals surface area (Å²) >= 11 is 3.38. The molecule has 0 saturated carbocycles. The Labute approximate surface area is 186 Å². The average molecular weight is 481 g/mol. The largest absolute Gasteiger partial charge is 0.378 e. The summed E-state index contributed by atoms with van der Waals surface area (Å²) in [5.41, 5.74) is 3.16. The van der Waals surface area contributed by atoms with Crippen molar-refractivity contribution in [2.75, 3.05) is 36.5 Å². The molecule has 4 aromatic rings. The first-order valence-electron chi connectivity index (χ1n) is 9.81. The van der Waals surface area contributed by atoms with Crippen LogP contribution in [-0.4, -0.2) is 46.2 Å². The van der Waals surface area contributed by atoms with Gasteiger partial charge in [0.05, 0.1) is 18.8 Å². The zero-order valence-electron chi connectivity index (χ0n) is 16.4. The summed E-state index contributed by atoms with van der Waals surface area (Å²) in [6.07, 6.45) is 3.13. The van der Waals surface area contributed by atoms with Crippen molar-refractivity contribution >= 4 is 44.3 Å². The van der Waals surface area contributed by atoms with E-state index in [1.54, 1.807) is 24.5 Å². The zero-order valence-corrected chi connectivity index (χ0v) is 18.0. The van der Waals surface area contributed by atoms with Crippen molar-refractivity contribution < 1.29 is 9.13 Å². The molecular formula is C22H18BrFN6O. The number of halogens is 2. The molecular weight excluding hydrogens is 463 g/mol. The Morgan fingerprint density at radius 1 is 0.968 bits per heavy atom. The van der Waals surface area contributed by atoms with Gasteiger partial charge in [0.25, 0.3) is 0 Å². The molecule has 0 bridgehead atoms. The molecule has 156 valence electrons. The number of ether oxygens (including phenoxy) is 1. The molecule has 5 rings (SSSR count). The lowest BCUT2D eigenvalue weighted by Gasteiger charge is -2.28. The molecule has 1 N–H and O–H groups in total. The van der Waals surface area contributed by atoms with Crippen LogP contribution in [0.15, 0.2) is 59.3 Å². The third-order valence-electron chi connectivity index (χ3n) is 5.01. The number of anilines is 3. The molecule has 0 spiro atoms. The van der Waals surface area contributed by atoms with E-state index in [0.29, 0.717) is 17.0 Å². The van der Waals surface area contributed by atoms with Crippen molar-refractivity contribution in [3.8, 4) is 11.4 Å². The number of rotatable bonds is 4. The predicted octanol–water partition coefficient (Wildman–Crippen LogP) is 4.57. The van der Waals surface area contributed by atoms with Gasteiger partial charge in [-0.1, -0.05) is 15.9 Å². The van der Waals surface area contributed by atoms with E-state index in [1.165, 1.54) is 6.07 Å². The number of benzene rings is 2. The summed E-state index contributed by atoms with van der Waals surface area (Å²) in [7, 11) is 0. The number of hydrogen-bond acceptors (Lipinski definition) is 7. The highest BCUT2D eigenvalue weighted by atomic mass is 79.9. The summed E-state index contributed by atoms with van der Waals surface area (Å²) in [6, 6.07) is 12.7. The van der Waals surface area contributed by atoms with E-state index in [9.17, 15) is 4.39 Å². The smallest absolute Gasteiger partial charge is 0.184 e. The highest BCUT2D eigenvalue weighted by molar-refractivity contribution is 9.10. The van der Waals surface area contributed by atoms with E-state index in [0.717, 1.165) is 42.2 Å². The molecule has 3 heterocycles. The van der Waals surface area contributed by atoms with Gasteiger partial charge in [-0.3, -0.25) is 0 Å². The number of nitrogens with zero attached hydrogens (tertiary/aromatic N) is 5. The van der Waals surface area contributed by atoms with Crippen molar-refractivity contribution in [3.05, 3.63) is 65.1 Å². The monoisotopic (exact) mass is 480 g/mol. The highest BCUT2D eigenvalue weighted by Gasteiger charge is 2.16. The van der Waals surface area contributed by atoms with Gasteiger partial charge in [-0.25, -0.2) is 24.3 Å². The molecule has 2 aromatic carbocycles. The molecule has 2 aromatic heterocycles.